The Labute approximate surface area is 263 Å². The van der Waals surface area contributed by atoms with E-state index >= 15 is 0 Å². The molecule has 5 N–H and O–H groups in total. The quantitative estimate of drug-likeness (QED) is 0.0817. The molecule has 2 fully saturated rings. The summed E-state index contributed by atoms with van der Waals surface area (Å²) >= 11 is 4.82. The number of thioether (sulfide) groups is 2. The number of carboxylic acids is 1. The van der Waals surface area contributed by atoms with Crippen molar-refractivity contribution >= 4 is 81.1 Å². The van der Waals surface area contributed by atoms with Crippen LogP contribution in [0.5, 0.6) is 0 Å². The number of carbonyl (C=O) groups excluding carboxylic acids is 3. The predicted molar refractivity (Wildman–Crippen MR) is 161 cm³/mol. The third-order valence-electron chi connectivity index (χ3n) is 5.97. The van der Waals surface area contributed by atoms with Crippen LogP contribution < -0.4 is 16.4 Å². The molecule has 3 atom stereocenters. The topological polar surface area (TPSA) is 224 Å². The summed E-state index contributed by atoms with van der Waals surface area (Å²) < 4.78 is 9.85. The second-order valence-electron chi connectivity index (χ2n) is 10.6. The fraction of sp³-hybridized carbons (Fsp3) is 0.609. The minimum atomic E-state index is -1.18. The van der Waals surface area contributed by atoms with Gasteiger partial charge in [0.2, 0.25) is 17.4 Å². The van der Waals surface area contributed by atoms with Gasteiger partial charge in [0.05, 0.1) is 0 Å². The first kappa shape index (κ1) is 32.7. The molecule has 0 saturated carbocycles. The molecule has 2 saturated heterocycles. The molecule has 2 aromatic heterocycles. The van der Waals surface area contributed by atoms with E-state index in [1.807, 2.05) is 6.92 Å². The number of aryl methyl sites for hydroxylation is 1. The van der Waals surface area contributed by atoms with Crippen LogP contribution in [0.2, 0.25) is 0 Å². The molecule has 43 heavy (non-hydrogen) atoms. The molecule has 234 valence electrons. The number of alkyl carbamates (subject to hydrolysis) is 1. The van der Waals surface area contributed by atoms with Gasteiger partial charge in [-0.3, -0.25) is 14.4 Å². The van der Waals surface area contributed by atoms with Crippen molar-refractivity contribution < 1.29 is 33.9 Å². The van der Waals surface area contributed by atoms with E-state index < -0.39 is 46.3 Å². The van der Waals surface area contributed by atoms with Gasteiger partial charge in [0.1, 0.15) is 34.0 Å². The summed E-state index contributed by atoms with van der Waals surface area (Å²) in [7, 11) is 0. The molecule has 0 spiro atoms. The summed E-state index contributed by atoms with van der Waals surface area (Å²) in [6.07, 6.45) is -0.203. The molecule has 2 aliphatic rings. The van der Waals surface area contributed by atoms with E-state index in [2.05, 4.69) is 35.3 Å². The number of carbonyl (C=O) groups is 4. The first-order valence-electron chi connectivity index (χ1n) is 12.9. The molecule has 0 radical (unpaired) electrons. The van der Waals surface area contributed by atoms with Crippen LogP contribution in [0, 0.1) is 12.3 Å². The number of aliphatic carboxylic acids is 1. The Morgan fingerprint density at radius 3 is 2.70 bits per heavy atom. The van der Waals surface area contributed by atoms with Crippen molar-refractivity contribution in [2.75, 3.05) is 36.9 Å². The molecule has 2 aromatic rings. The molecule has 2 unspecified atom stereocenters. The highest BCUT2D eigenvalue weighted by Crippen LogP contribution is 2.44. The fourth-order valence-electron chi connectivity index (χ4n) is 3.92. The molecule has 20 heteroatoms. The van der Waals surface area contributed by atoms with E-state index in [-0.39, 0.29) is 47.9 Å². The normalized spacial score (nSPS) is 21.9. The SMILES string of the molecule is Cc1nnc(SCC2(C(=O)O)CS[C@@H]3C(NC(=O)C(=NOCCCNC(=O)OC(C)(C)C)c4nsc(N)n4)C(=O)N3C2)s1. The van der Waals surface area contributed by atoms with Crippen LogP contribution in [0.25, 0.3) is 0 Å². The highest BCUT2D eigenvalue weighted by Gasteiger charge is 2.57. The van der Waals surface area contributed by atoms with E-state index in [4.69, 9.17) is 15.3 Å². The third kappa shape index (κ3) is 8.24. The number of hydrogen-bond donors (Lipinski definition) is 4. The maximum absolute atomic E-state index is 13.2. The lowest BCUT2D eigenvalue weighted by atomic mass is 9.89. The molecule has 4 rings (SSSR count). The second-order valence-corrected chi connectivity index (χ2v) is 14.9. The highest BCUT2D eigenvalue weighted by molar-refractivity contribution is 8.01. The zero-order chi connectivity index (χ0) is 31.4. The van der Waals surface area contributed by atoms with Crippen LogP contribution in [-0.4, -0.2) is 107 Å². The number of nitrogen functional groups attached to an aromatic ring is 1. The van der Waals surface area contributed by atoms with Crippen molar-refractivity contribution in [1.82, 2.24) is 35.1 Å². The van der Waals surface area contributed by atoms with Gasteiger partial charge in [-0.2, -0.15) is 9.36 Å². The number of aromatic nitrogens is 4. The van der Waals surface area contributed by atoms with Gasteiger partial charge in [0.15, 0.2) is 9.47 Å². The number of fused-ring (bicyclic) bond motifs is 1. The molecule has 16 nitrogen and oxygen atoms in total. The number of oxime groups is 1. The summed E-state index contributed by atoms with van der Waals surface area (Å²) in [6, 6.07) is -0.901. The summed E-state index contributed by atoms with van der Waals surface area (Å²) in [5, 5.41) is 27.6. The molecule has 2 aliphatic heterocycles. The second kappa shape index (κ2) is 13.6. The van der Waals surface area contributed by atoms with Crippen molar-refractivity contribution in [2.45, 2.75) is 55.5 Å². The third-order valence-corrected chi connectivity index (χ3v) is 10.4. The monoisotopic (exact) mass is 673 g/mol. The van der Waals surface area contributed by atoms with E-state index in [1.54, 1.807) is 20.8 Å². The Morgan fingerprint density at radius 2 is 2.07 bits per heavy atom. The van der Waals surface area contributed by atoms with Gasteiger partial charge in [-0.15, -0.1) is 22.0 Å². The van der Waals surface area contributed by atoms with Gasteiger partial charge in [0, 0.05) is 42.5 Å². The highest BCUT2D eigenvalue weighted by atomic mass is 32.2. The first-order valence-corrected chi connectivity index (χ1v) is 16.6. The number of β-lactam (4-membered cyclic amide) rings is 1. The van der Waals surface area contributed by atoms with Crippen LogP contribution in [0.15, 0.2) is 9.50 Å². The maximum atomic E-state index is 13.2. The van der Waals surface area contributed by atoms with Gasteiger partial charge < -0.3 is 35.9 Å². The average molecular weight is 674 g/mol. The Morgan fingerprint density at radius 1 is 1.30 bits per heavy atom. The number of amides is 3. The lowest BCUT2D eigenvalue weighted by Crippen LogP contribution is -2.74. The number of nitrogens with zero attached hydrogens (tertiary/aromatic N) is 6. The largest absolute Gasteiger partial charge is 0.481 e. The Bertz CT molecular complexity index is 1400. The molecule has 4 heterocycles. The first-order chi connectivity index (χ1) is 20.3. The molecule has 0 bridgehead atoms. The Balaban J connectivity index is 1.33. The van der Waals surface area contributed by atoms with Gasteiger partial charge in [-0.05, 0) is 27.7 Å². The Hall–Kier alpha value is -3.23. The minimum absolute atomic E-state index is 0.00154. The lowest BCUT2D eigenvalue weighted by molar-refractivity contribution is -0.157. The average Bonchev–Trinajstić information content (AvgIpc) is 3.56. The fourth-order valence-corrected chi connectivity index (χ4v) is 8.03. The molecule has 3 amide bonds. The predicted octanol–water partition coefficient (Wildman–Crippen LogP) is 1.18. The number of hydrogen-bond acceptors (Lipinski definition) is 16. The summed E-state index contributed by atoms with van der Waals surface area (Å²) in [4.78, 5) is 61.1. The van der Waals surface area contributed by atoms with Gasteiger partial charge in [-0.1, -0.05) is 28.3 Å². The summed E-state index contributed by atoms with van der Waals surface area (Å²) in [5.41, 5.74) is 3.61. The van der Waals surface area contributed by atoms with Crippen molar-refractivity contribution in [3.05, 3.63) is 10.8 Å². The Kier molecular flexibility index (Phi) is 10.3. The van der Waals surface area contributed by atoms with E-state index in [0.717, 1.165) is 16.5 Å². The summed E-state index contributed by atoms with van der Waals surface area (Å²) in [6.45, 7) is 7.38. The van der Waals surface area contributed by atoms with Crippen molar-refractivity contribution in [2.24, 2.45) is 10.6 Å². The van der Waals surface area contributed by atoms with E-state index in [1.165, 1.54) is 39.8 Å². The zero-order valence-corrected chi connectivity index (χ0v) is 27.0. The van der Waals surface area contributed by atoms with Crippen LogP contribution >= 0.6 is 46.4 Å². The number of carboxylic acid groups (broad SMARTS) is 1. The number of nitrogens with one attached hydrogen (secondary N) is 2. The zero-order valence-electron chi connectivity index (χ0n) is 23.7. The van der Waals surface area contributed by atoms with Crippen LogP contribution in [0.4, 0.5) is 9.93 Å². The van der Waals surface area contributed by atoms with E-state index in [0.29, 0.717) is 10.8 Å². The molecule has 0 aliphatic carbocycles. The standard InChI is InChI=1S/C23H31N9O7S4/c1-11-28-29-21(42-11)41-10-23(18(35)36)8-32-16(34)13(17(32)40-9-23)26-15(33)12(14-27-19(24)43-31-14)30-38-7-5-6-25-20(37)39-22(2,3)4/h13,17H,5-10H2,1-4H3,(H,25,37)(H,26,33)(H,35,36)(H2,24,27,31)/t13?,17-,23?/m1/s1. The van der Waals surface area contributed by atoms with Crippen LogP contribution in [0.3, 0.4) is 0 Å². The number of nitrogens with two attached hydrogens (primary N) is 1. The molecule has 0 aromatic carbocycles. The lowest BCUT2D eigenvalue weighted by Gasteiger charge is -2.53. The maximum Gasteiger partial charge on any atom is 0.407 e. The van der Waals surface area contributed by atoms with Crippen molar-refractivity contribution in [3.63, 3.8) is 0 Å². The van der Waals surface area contributed by atoms with Crippen LogP contribution in [-0.2, 0) is 24.0 Å². The van der Waals surface area contributed by atoms with E-state index in [9.17, 15) is 24.3 Å². The van der Waals surface area contributed by atoms with Gasteiger partial charge in [0.25, 0.3) is 5.91 Å². The van der Waals surface area contributed by atoms with Gasteiger partial charge in [-0.25, -0.2) is 4.79 Å². The number of anilines is 1. The summed E-state index contributed by atoms with van der Waals surface area (Å²) in [5.74, 6) is -1.78. The van der Waals surface area contributed by atoms with Crippen molar-refractivity contribution in [3.8, 4) is 0 Å². The minimum Gasteiger partial charge on any atom is -0.481 e. The van der Waals surface area contributed by atoms with Crippen molar-refractivity contribution in [1.29, 1.82) is 0 Å². The molecular formula is C23H31N9O7S4. The number of ether oxygens (including phenoxy) is 1. The smallest absolute Gasteiger partial charge is 0.407 e. The van der Waals surface area contributed by atoms with Crippen LogP contribution in [0.1, 0.15) is 38.0 Å². The van der Waals surface area contributed by atoms with Gasteiger partial charge >= 0.3 is 12.1 Å². The molecular weight excluding hydrogens is 643 g/mol. The number of rotatable bonds is 12.